The van der Waals surface area contributed by atoms with E-state index in [-0.39, 0.29) is 30.3 Å². The lowest BCUT2D eigenvalue weighted by Crippen LogP contribution is -2.38. The number of likely N-dealkylation sites (tertiary alicyclic amines) is 1. The van der Waals surface area contributed by atoms with Gasteiger partial charge >= 0.3 is 11.9 Å². The van der Waals surface area contributed by atoms with Crippen LogP contribution in [0.25, 0.3) is 0 Å². The number of aliphatic hydroxyl groups is 1. The van der Waals surface area contributed by atoms with E-state index in [0.717, 1.165) is 153 Å². The summed E-state index contributed by atoms with van der Waals surface area (Å²) in [4.78, 5) is 31.6. The fraction of sp³-hybridized carbons (Fsp3) is 0.970. The minimum absolute atomic E-state index is 0.0272. The van der Waals surface area contributed by atoms with Crippen LogP contribution in [0.1, 0.15) is 308 Å². The van der Waals surface area contributed by atoms with Crippen molar-refractivity contribution in [1.29, 1.82) is 0 Å². The lowest BCUT2D eigenvalue weighted by atomic mass is 9.91. The fourth-order valence-electron chi connectivity index (χ4n) is 11.2. The van der Waals surface area contributed by atoms with E-state index in [1.165, 1.54) is 122 Å². The maximum absolute atomic E-state index is 13.2. The van der Waals surface area contributed by atoms with Gasteiger partial charge < -0.3 is 24.4 Å². The van der Waals surface area contributed by atoms with Crippen LogP contribution in [0.3, 0.4) is 0 Å². The molecule has 0 aliphatic carbocycles. The molecule has 1 aliphatic heterocycles. The summed E-state index contributed by atoms with van der Waals surface area (Å²) in [5, 5.41) is 10.0. The van der Waals surface area contributed by atoms with Crippen LogP contribution in [0.2, 0.25) is 0 Å². The van der Waals surface area contributed by atoms with E-state index in [1.807, 2.05) is 0 Å². The van der Waals surface area contributed by atoms with Gasteiger partial charge in [-0.25, -0.2) is 0 Å². The zero-order valence-electron chi connectivity index (χ0n) is 51.3. The quantitative estimate of drug-likeness (QED) is 0.0480. The first-order valence-electron chi connectivity index (χ1n) is 32.4. The average molecular weight is 1030 g/mol. The second kappa shape index (κ2) is 45.8. The van der Waals surface area contributed by atoms with Crippen LogP contribution in [0.5, 0.6) is 0 Å². The smallest absolute Gasteiger partial charge is 0.306 e. The number of unbranched alkanes of at least 4 members (excludes halogenated alkanes) is 8. The minimum Gasteiger partial charge on any atom is -0.462 e. The van der Waals surface area contributed by atoms with E-state index >= 15 is 0 Å². The molecule has 4 atom stereocenters. The summed E-state index contributed by atoms with van der Waals surface area (Å²) in [7, 11) is 0. The molecular formula is C66H130N2O5. The second-order valence-corrected chi connectivity index (χ2v) is 26.6. The van der Waals surface area contributed by atoms with Crippen LogP contribution in [0.4, 0.5) is 0 Å². The number of esters is 2. The Bertz CT molecular complexity index is 1120. The third-order valence-electron chi connectivity index (χ3n) is 16.7. The van der Waals surface area contributed by atoms with Gasteiger partial charge in [-0.2, -0.15) is 0 Å². The predicted octanol–water partition coefficient (Wildman–Crippen LogP) is 18.6. The second-order valence-electron chi connectivity index (χ2n) is 26.6. The maximum atomic E-state index is 13.2. The molecule has 0 aromatic rings. The highest BCUT2D eigenvalue weighted by atomic mass is 16.5. The molecular weight excluding hydrogens is 901 g/mol. The number of carbonyl (C=O) groups excluding carboxylic acids is 2. The molecule has 0 spiro atoms. The summed E-state index contributed by atoms with van der Waals surface area (Å²) in [6.45, 7) is 34.7. The van der Waals surface area contributed by atoms with Gasteiger partial charge in [0.25, 0.3) is 0 Å². The number of hydrogen-bond donors (Lipinski definition) is 1. The van der Waals surface area contributed by atoms with Crippen molar-refractivity contribution >= 4 is 11.9 Å². The zero-order valence-corrected chi connectivity index (χ0v) is 51.3. The molecule has 0 bridgehead atoms. The molecule has 1 heterocycles. The Hall–Kier alpha value is -1.18. The third-order valence-corrected chi connectivity index (χ3v) is 16.7. The molecule has 7 heteroatoms. The number of hydrogen-bond acceptors (Lipinski definition) is 7. The van der Waals surface area contributed by atoms with E-state index < -0.39 is 0 Å². The van der Waals surface area contributed by atoms with Crippen molar-refractivity contribution in [2.24, 2.45) is 47.3 Å². The van der Waals surface area contributed by atoms with Gasteiger partial charge in [0, 0.05) is 25.9 Å². The molecule has 1 aliphatic rings. The highest BCUT2D eigenvalue weighted by molar-refractivity contribution is 5.69. The zero-order chi connectivity index (χ0) is 54.1. The molecule has 1 fully saturated rings. The standard InChI is InChI=1S/C66H130N2O5/c1-54(2)28-23-32-58(9)38-42-63(43-39-59(10)33-24-29-55(3)4)72-65(70)36-19-15-13-17-21-48-67(50-27-51-68-52-46-62(69)47-53-68)49-22-18-14-16-20-37-66(71)73-64(44-40-60(11)34-25-30-56(5)6)45-41-61(12)35-26-31-57(7)8/h54-64,69H,13-53H2,1-12H3. The van der Waals surface area contributed by atoms with Gasteiger partial charge in [-0.05, 0) is 170 Å². The SMILES string of the molecule is CC(C)CCCC(C)CCC(CCC(C)CCCC(C)C)OC(=O)CCCCCCCN(CCCCCCCC(=O)OC(CCC(C)CCCC(C)C)CCC(C)CCCC(C)C)CCCN1CCC(O)CC1. The number of carbonyl (C=O) groups is 2. The highest BCUT2D eigenvalue weighted by Crippen LogP contribution is 2.26. The Morgan fingerprint density at radius 1 is 0.397 bits per heavy atom. The van der Waals surface area contributed by atoms with Crippen LogP contribution in [-0.4, -0.2) is 84.4 Å². The minimum atomic E-state index is -0.116. The Labute approximate surface area is 456 Å². The number of rotatable bonds is 50. The molecule has 1 N–H and O–H groups in total. The molecule has 0 aromatic carbocycles. The molecule has 7 nitrogen and oxygen atoms in total. The number of aliphatic hydroxyl groups excluding tert-OH is 1. The molecule has 434 valence electrons. The fourth-order valence-corrected chi connectivity index (χ4v) is 11.2. The topological polar surface area (TPSA) is 79.3 Å². The van der Waals surface area contributed by atoms with Gasteiger partial charge in [0.2, 0.25) is 0 Å². The first kappa shape index (κ1) is 69.8. The Morgan fingerprint density at radius 2 is 0.699 bits per heavy atom. The van der Waals surface area contributed by atoms with Crippen molar-refractivity contribution in [2.75, 3.05) is 39.3 Å². The predicted molar refractivity (Wildman–Crippen MR) is 316 cm³/mol. The number of ether oxygens (including phenoxy) is 2. The lowest BCUT2D eigenvalue weighted by Gasteiger charge is -2.30. The summed E-state index contributed by atoms with van der Waals surface area (Å²) in [5.74, 6) is 5.91. The summed E-state index contributed by atoms with van der Waals surface area (Å²) >= 11 is 0. The number of nitrogens with zero attached hydrogens (tertiary/aromatic N) is 2. The van der Waals surface area contributed by atoms with E-state index in [1.54, 1.807) is 0 Å². The number of piperidine rings is 1. The van der Waals surface area contributed by atoms with Crippen LogP contribution in [-0.2, 0) is 19.1 Å². The van der Waals surface area contributed by atoms with Gasteiger partial charge in [0.05, 0.1) is 6.10 Å². The monoisotopic (exact) mass is 1030 g/mol. The summed E-state index contributed by atoms with van der Waals surface area (Å²) in [6.07, 6.45) is 39.7. The van der Waals surface area contributed by atoms with E-state index in [2.05, 4.69) is 92.9 Å². The lowest BCUT2D eigenvalue weighted by molar-refractivity contribution is -0.151. The van der Waals surface area contributed by atoms with Crippen molar-refractivity contribution in [2.45, 2.75) is 326 Å². The van der Waals surface area contributed by atoms with Crippen molar-refractivity contribution in [1.82, 2.24) is 9.80 Å². The van der Waals surface area contributed by atoms with E-state index in [4.69, 9.17) is 9.47 Å². The van der Waals surface area contributed by atoms with Crippen LogP contribution in [0, 0.1) is 47.3 Å². The molecule has 4 unspecified atom stereocenters. The van der Waals surface area contributed by atoms with Gasteiger partial charge in [0.1, 0.15) is 12.2 Å². The molecule has 0 amide bonds. The van der Waals surface area contributed by atoms with Crippen LogP contribution >= 0.6 is 0 Å². The van der Waals surface area contributed by atoms with Gasteiger partial charge in [0.15, 0.2) is 0 Å². The molecule has 1 rings (SSSR count). The Balaban J connectivity index is 2.55. The van der Waals surface area contributed by atoms with Crippen LogP contribution in [0.15, 0.2) is 0 Å². The summed E-state index contributed by atoms with van der Waals surface area (Å²) < 4.78 is 12.5. The van der Waals surface area contributed by atoms with E-state index in [9.17, 15) is 14.7 Å². The largest absolute Gasteiger partial charge is 0.462 e. The third kappa shape index (κ3) is 44.5. The van der Waals surface area contributed by atoms with Crippen LogP contribution < -0.4 is 0 Å². The summed E-state index contributed by atoms with van der Waals surface area (Å²) in [6, 6.07) is 0. The summed E-state index contributed by atoms with van der Waals surface area (Å²) in [5.41, 5.74) is 0. The van der Waals surface area contributed by atoms with Gasteiger partial charge in [-0.3, -0.25) is 9.59 Å². The molecule has 0 aromatic heterocycles. The Kier molecular flexibility index (Phi) is 43.8. The first-order chi connectivity index (χ1) is 34.9. The highest BCUT2D eigenvalue weighted by Gasteiger charge is 2.21. The van der Waals surface area contributed by atoms with Crippen molar-refractivity contribution in [3.63, 3.8) is 0 Å². The molecule has 0 radical (unpaired) electrons. The maximum Gasteiger partial charge on any atom is 0.306 e. The van der Waals surface area contributed by atoms with Crippen molar-refractivity contribution in [3.8, 4) is 0 Å². The molecule has 73 heavy (non-hydrogen) atoms. The van der Waals surface area contributed by atoms with Gasteiger partial charge in [-0.1, -0.05) is 199 Å². The normalized spacial score (nSPS) is 16.5. The molecule has 0 saturated carbocycles. The van der Waals surface area contributed by atoms with Crippen molar-refractivity contribution in [3.05, 3.63) is 0 Å². The first-order valence-corrected chi connectivity index (χ1v) is 32.4. The average Bonchev–Trinajstić information content (AvgIpc) is 3.32. The Morgan fingerprint density at radius 3 is 1.03 bits per heavy atom. The van der Waals surface area contributed by atoms with E-state index in [0.29, 0.717) is 36.5 Å². The molecule has 1 saturated heterocycles. The van der Waals surface area contributed by atoms with Gasteiger partial charge in [-0.15, -0.1) is 0 Å². The van der Waals surface area contributed by atoms with Crippen molar-refractivity contribution < 1.29 is 24.2 Å².